The fourth-order valence-electron chi connectivity index (χ4n) is 1.53. The Balaban J connectivity index is 2.53. The molecule has 0 fully saturated rings. The van der Waals surface area contributed by atoms with Gasteiger partial charge in [0.05, 0.1) is 13.2 Å². The molecule has 0 radical (unpaired) electrons. The third-order valence-corrected chi connectivity index (χ3v) is 2.64. The van der Waals surface area contributed by atoms with Crippen molar-refractivity contribution >= 4 is 11.9 Å². The Kier molecular flexibility index (Phi) is 5.32. The number of aromatic hydroxyl groups is 1. The van der Waals surface area contributed by atoms with Crippen molar-refractivity contribution in [2.75, 3.05) is 7.11 Å². The SMILES string of the molecule is COC(=O)C(C)NC(=O)C(N)Cc1ccc(O)cc1. The van der Waals surface area contributed by atoms with Gasteiger partial charge in [-0.2, -0.15) is 0 Å². The van der Waals surface area contributed by atoms with Gasteiger partial charge >= 0.3 is 5.97 Å². The van der Waals surface area contributed by atoms with Gasteiger partial charge < -0.3 is 20.9 Å². The summed E-state index contributed by atoms with van der Waals surface area (Å²) in [4.78, 5) is 22.9. The normalized spacial score (nSPS) is 13.4. The second-order valence-corrected chi connectivity index (χ2v) is 4.23. The van der Waals surface area contributed by atoms with Crippen molar-refractivity contribution < 1.29 is 19.4 Å². The number of hydrogen-bond acceptors (Lipinski definition) is 5. The van der Waals surface area contributed by atoms with E-state index < -0.39 is 24.0 Å². The molecular formula is C13H18N2O4. The van der Waals surface area contributed by atoms with Gasteiger partial charge in [-0.25, -0.2) is 4.79 Å². The first-order valence-electron chi connectivity index (χ1n) is 5.85. The van der Waals surface area contributed by atoms with E-state index in [4.69, 9.17) is 10.8 Å². The second kappa shape index (κ2) is 6.75. The Morgan fingerprint density at radius 3 is 2.47 bits per heavy atom. The van der Waals surface area contributed by atoms with Gasteiger partial charge in [-0.1, -0.05) is 12.1 Å². The van der Waals surface area contributed by atoms with Gasteiger partial charge in [-0.3, -0.25) is 4.79 Å². The van der Waals surface area contributed by atoms with E-state index in [1.807, 2.05) is 0 Å². The number of benzene rings is 1. The molecule has 19 heavy (non-hydrogen) atoms. The zero-order valence-corrected chi connectivity index (χ0v) is 10.9. The number of phenolic OH excluding ortho intramolecular Hbond substituents is 1. The molecule has 0 aromatic heterocycles. The molecule has 0 saturated heterocycles. The molecule has 0 saturated carbocycles. The van der Waals surface area contributed by atoms with Crippen LogP contribution in [0.15, 0.2) is 24.3 Å². The molecule has 1 rings (SSSR count). The smallest absolute Gasteiger partial charge is 0.328 e. The van der Waals surface area contributed by atoms with Gasteiger partial charge in [0.1, 0.15) is 11.8 Å². The number of nitrogens with one attached hydrogen (secondary N) is 1. The molecule has 6 nitrogen and oxygen atoms in total. The van der Waals surface area contributed by atoms with Crippen LogP contribution in [-0.4, -0.2) is 36.2 Å². The largest absolute Gasteiger partial charge is 0.508 e. The van der Waals surface area contributed by atoms with Crippen LogP contribution in [-0.2, 0) is 20.7 Å². The van der Waals surface area contributed by atoms with E-state index in [2.05, 4.69) is 10.1 Å². The van der Waals surface area contributed by atoms with Gasteiger partial charge in [-0.05, 0) is 31.0 Å². The molecule has 1 amide bonds. The summed E-state index contributed by atoms with van der Waals surface area (Å²) >= 11 is 0. The minimum atomic E-state index is -0.767. The molecule has 1 aromatic rings. The van der Waals surface area contributed by atoms with E-state index in [0.717, 1.165) is 5.56 Å². The van der Waals surface area contributed by atoms with Crippen LogP contribution in [0, 0.1) is 0 Å². The molecule has 0 aliphatic carbocycles. The fourth-order valence-corrected chi connectivity index (χ4v) is 1.53. The van der Waals surface area contributed by atoms with Crippen molar-refractivity contribution in [1.82, 2.24) is 5.32 Å². The highest BCUT2D eigenvalue weighted by Gasteiger charge is 2.20. The first kappa shape index (κ1) is 15.0. The Morgan fingerprint density at radius 1 is 1.37 bits per heavy atom. The molecule has 4 N–H and O–H groups in total. The number of carbonyl (C=O) groups excluding carboxylic acids is 2. The number of ether oxygens (including phenoxy) is 1. The van der Waals surface area contributed by atoms with Crippen molar-refractivity contribution in [2.45, 2.75) is 25.4 Å². The molecule has 0 aliphatic heterocycles. The lowest BCUT2D eigenvalue weighted by Crippen LogP contribution is -2.48. The molecule has 6 heteroatoms. The lowest BCUT2D eigenvalue weighted by Gasteiger charge is -2.16. The zero-order valence-electron chi connectivity index (χ0n) is 10.9. The summed E-state index contributed by atoms with van der Waals surface area (Å²) in [6, 6.07) is 4.92. The maximum absolute atomic E-state index is 11.8. The summed E-state index contributed by atoms with van der Waals surface area (Å²) in [7, 11) is 1.25. The first-order chi connectivity index (χ1) is 8.93. The van der Waals surface area contributed by atoms with E-state index >= 15 is 0 Å². The Hall–Kier alpha value is -2.08. The molecule has 104 valence electrons. The van der Waals surface area contributed by atoms with Crippen LogP contribution in [0.3, 0.4) is 0 Å². The van der Waals surface area contributed by atoms with Gasteiger partial charge in [0.2, 0.25) is 5.91 Å². The number of rotatable bonds is 5. The minimum absolute atomic E-state index is 0.154. The van der Waals surface area contributed by atoms with Crippen LogP contribution in [0.1, 0.15) is 12.5 Å². The van der Waals surface area contributed by atoms with Gasteiger partial charge in [0.15, 0.2) is 0 Å². The molecule has 0 aliphatic rings. The molecule has 1 aromatic carbocycles. The standard InChI is InChI=1S/C13H18N2O4/c1-8(13(18)19-2)15-12(17)11(14)7-9-3-5-10(16)6-4-9/h3-6,8,11,16H,7,14H2,1-2H3,(H,15,17). The number of methoxy groups -OCH3 is 1. The summed E-state index contributed by atoms with van der Waals surface area (Å²) in [5.41, 5.74) is 6.58. The number of amides is 1. The molecule has 0 heterocycles. The number of hydrogen-bond donors (Lipinski definition) is 3. The first-order valence-corrected chi connectivity index (χ1v) is 5.85. The van der Waals surface area contributed by atoms with Crippen molar-refractivity contribution in [2.24, 2.45) is 5.73 Å². The van der Waals surface area contributed by atoms with E-state index in [1.54, 1.807) is 12.1 Å². The Labute approximate surface area is 111 Å². The van der Waals surface area contributed by atoms with Crippen LogP contribution in [0.4, 0.5) is 0 Å². The van der Waals surface area contributed by atoms with Crippen LogP contribution in [0.25, 0.3) is 0 Å². The highest BCUT2D eigenvalue weighted by atomic mass is 16.5. The van der Waals surface area contributed by atoms with Crippen molar-refractivity contribution in [1.29, 1.82) is 0 Å². The predicted molar refractivity (Wildman–Crippen MR) is 69.4 cm³/mol. The average Bonchev–Trinajstić information content (AvgIpc) is 2.40. The van der Waals surface area contributed by atoms with Crippen molar-refractivity contribution in [3.05, 3.63) is 29.8 Å². The van der Waals surface area contributed by atoms with Crippen molar-refractivity contribution in [3.8, 4) is 5.75 Å². The molecular weight excluding hydrogens is 248 g/mol. The minimum Gasteiger partial charge on any atom is -0.508 e. The van der Waals surface area contributed by atoms with E-state index in [9.17, 15) is 9.59 Å². The van der Waals surface area contributed by atoms with Crippen LogP contribution >= 0.6 is 0 Å². The fraction of sp³-hybridized carbons (Fsp3) is 0.385. The van der Waals surface area contributed by atoms with Gasteiger partial charge in [0, 0.05) is 0 Å². The van der Waals surface area contributed by atoms with E-state index in [1.165, 1.54) is 26.2 Å². The number of phenols is 1. The van der Waals surface area contributed by atoms with Crippen LogP contribution in [0.5, 0.6) is 5.75 Å². The maximum Gasteiger partial charge on any atom is 0.328 e. The molecule has 0 bridgehead atoms. The Bertz CT molecular complexity index is 444. The molecule has 0 spiro atoms. The number of carbonyl (C=O) groups is 2. The summed E-state index contributed by atoms with van der Waals surface area (Å²) in [5.74, 6) is -0.794. The Morgan fingerprint density at radius 2 is 1.95 bits per heavy atom. The predicted octanol–water partition coefficient (Wildman–Crippen LogP) is -0.0603. The van der Waals surface area contributed by atoms with E-state index in [0.29, 0.717) is 6.42 Å². The van der Waals surface area contributed by atoms with Crippen molar-refractivity contribution in [3.63, 3.8) is 0 Å². The third kappa shape index (κ3) is 4.59. The van der Waals surface area contributed by atoms with Gasteiger partial charge in [0.25, 0.3) is 0 Å². The monoisotopic (exact) mass is 266 g/mol. The quantitative estimate of drug-likeness (QED) is 0.648. The summed E-state index contributed by atoms with van der Waals surface area (Å²) in [5, 5.41) is 11.6. The molecule has 2 atom stereocenters. The highest BCUT2D eigenvalue weighted by Crippen LogP contribution is 2.10. The van der Waals surface area contributed by atoms with Gasteiger partial charge in [-0.15, -0.1) is 0 Å². The number of nitrogens with two attached hydrogens (primary N) is 1. The summed E-state index contributed by atoms with van der Waals surface area (Å²) in [6.07, 6.45) is 0.319. The van der Waals surface area contributed by atoms with Crippen LogP contribution in [0.2, 0.25) is 0 Å². The highest BCUT2D eigenvalue weighted by molar-refractivity contribution is 5.87. The topological polar surface area (TPSA) is 102 Å². The molecule has 2 unspecified atom stereocenters. The number of esters is 1. The lowest BCUT2D eigenvalue weighted by atomic mass is 10.1. The van der Waals surface area contributed by atoms with Crippen LogP contribution < -0.4 is 11.1 Å². The third-order valence-electron chi connectivity index (χ3n) is 2.64. The lowest BCUT2D eigenvalue weighted by molar-refractivity contribution is -0.144. The second-order valence-electron chi connectivity index (χ2n) is 4.23. The average molecular weight is 266 g/mol. The summed E-state index contributed by atoms with van der Waals surface area (Å²) < 4.78 is 4.50. The summed E-state index contributed by atoms with van der Waals surface area (Å²) in [6.45, 7) is 1.52. The zero-order chi connectivity index (χ0) is 14.4. The van der Waals surface area contributed by atoms with E-state index in [-0.39, 0.29) is 5.75 Å². The maximum atomic E-state index is 11.8.